The van der Waals surface area contributed by atoms with Crippen molar-refractivity contribution in [1.29, 1.82) is 0 Å². The maximum absolute atomic E-state index is 13.2. The van der Waals surface area contributed by atoms with Gasteiger partial charge in [-0.15, -0.1) is 5.10 Å². The van der Waals surface area contributed by atoms with Crippen LogP contribution in [0.15, 0.2) is 72.8 Å². The molecule has 154 valence electrons. The van der Waals surface area contributed by atoms with Crippen LogP contribution >= 0.6 is 0 Å². The van der Waals surface area contributed by atoms with Crippen molar-refractivity contribution < 1.29 is 14.3 Å². The first-order valence-corrected chi connectivity index (χ1v) is 9.84. The summed E-state index contributed by atoms with van der Waals surface area (Å²) in [6.45, 7) is 0.608. The maximum Gasteiger partial charge on any atom is 0.260 e. The fourth-order valence-electron chi connectivity index (χ4n) is 3.69. The summed E-state index contributed by atoms with van der Waals surface area (Å²) in [4.78, 5) is 26.5. The van der Waals surface area contributed by atoms with Crippen LogP contribution in [0.5, 0.6) is 5.75 Å². The number of ether oxygens (including phenoxy) is 1. The first-order chi connectivity index (χ1) is 15.1. The second kappa shape index (κ2) is 7.56. The number of anilines is 1. The van der Waals surface area contributed by atoms with Crippen molar-refractivity contribution in [3.8, 4) is 5.75 Å². The van der Waals surface area contributed by atoms with Crippen molar-refractivity contribution in [2.75, 3.05) is 11.4 Å². The number of carbonyl (C=O) groups excluding carboxylic acids is 2. The molecule has 2 N–H and O–H groups in total. The third-order valence-electron chi connectivity index (χ3n) is 5.29. The third kappa shape index (κ3) is 3.48. The van der Waals surface area contributed by atoms with Gasteiger partial charge in [-0.2, -0.15) is 0 Å². The number of benzene rings is 3. The van der Waals surface area contributed by atoms with Gasteiger partial charge in [0.1, 0.15) is 11.3 Å². The van der Waals surface area contributed by atoms with E-state index in [0.29, 0.717) is 23.5 Å². The predicted molar refractivity (Wildman–Crippen MR) is 115 cm³/mol. The van der Waals surface area contributed by atoms with E-state index in [2.05, 4.69) is 10.3 Å². The summed E-state index contributed by atoms with van der Waals surface area (Å²) in [6.07, 6.45) is -0.890. The Labute approximate surface area is 177 Å². The summed E-state index contributed by atoms with van der Waals surface area (Å²) in [6, 6.07) is 22.2. The van der Waals surface area contributed by atoms with Crippen LogP contribution in [0.1, 0.15) is 15.9 Å². The number of amides is 2. The summed E-state index contributed by atoms with van der Waals surface area (Å²) >= 11 is 0. The zero-order chi connectivity index (χ0) is 21.4. The quantitative estimate of drug-likeness (QED) is 0.553. The molecule has 2 amide bonds. The average molecular weight is 413 g/mol. The summed E-state index contributed by atoms with van der Waals surface area (Å²) in [5.41, 5.74) is 9.33. The number of hydrogen-bond donors (Lipinski definition) is 1. The molecule has 0 unspecified atom stereocenters. The number of nitrogens with two attached hydrogens (primary N) is 1. The van der Waals surface area contributed by atoms with Crippen LogP contribution in [0.2, 0.25) is 0 Å². The summed E-state index contributed by atoms with van der Waals surface area (Å²) < 4.78 is 7.46. The third-order valence-corrected chi connectivity index (χ3v) is 5.29. The molecule has 4 aromatic rings. The second-order valence-electron chi connectivity index (χ2n) is 7.33. The van der Waals surface area contributed by atoms with Gasteiger partial charge in [0, 0.05) is 5.56 Å². The molecule has 31 heavy (non-hydrogen) atoms. The van der Waals surface area contributed by atoms with E-state index < -0.39 is 12.0 Å². The summed E-state index contributed by atoms with van der Waals surface area (Å²) in [5.74, 6) is -0.372. The molecular weight excluding hydrogens is 394 g/mol. The Bertz CT molecular complexity index is 1280. The molecule has 8 heteroatoms. The van der Waals surface area contributed by atoms with E-state index in [4.69, 9.17) is 10.5 Å². The molecule has 8 nitrogen and oxygen atoms in total. The highest BCUT2D eigenvalue weighted by atomic mass is 16.5. The molecule has 3 aromatic carbocycles. The minimum Gasteiger partial charge on any atom is -0.477 e. The minimum atomic E-state index is -0.890. The van der Waals surface area contributed by atoms with Gasteiger partial charge >= 0.3 is 0 Å². The van der Waals surface area contributed by atoms with Gasteiger partial charge in [-0.1, -0.05) is 41.6 Å². The van der Waals surface area contributed by atoms with Gasteiger partial charge in [0.2, 0.25) is 0 Å². The smallest absolute Gasteiger partial charge is 0.260 e. The molecule has 0 bridgehead atoms. The highest BCUT2D eigenvalue weighted by Crippen LogP contribution is 2.34. The molecule has 0 radical (unpaired) electrons. The lowest BCUT2D eigenvalue weighted by Gasteiger charge is -2.33. The molecule has 1 aliphatic rings. The van der Waals surface area contributed by atoms with E-state index in [0.717, 1.165) is 16.6 Å². The molecule has 0 spiro atoms. The lowest BCUT2D eigenvalue weighted by atomic mass is 10.1. The number of fused-ring (bicyclic) bond motifs is 2. The summed E-state index contributed by atoms with van der Waals surface area (Å²) in [5, 5.41) is 8.37. The first-order valence-electron chi connectivity index (χ1n) is 9.84. The van der Waals surface area contributed by atoms with Crippen LogP contribution in [-0.4, -0.2) is 39.5 Å². The normalized spacial score (nSPS) is 15.4. The molecule has 1 aliphatic heterocycles. The van der Waals surface area contributed by atoms with Gasteiger partial charge < -0.3 is 15.4 Å². The van der Waals surface area contributed by atoms with Crippen LogP contribution in [-0.2, 0) is 11.3 Å². The highest BCUT2D eigenvalue weighted by Gasteiger charge is 2.33. The van der Waals surface area contributed by atoms with Crippen LogP contribution < -0.4 is 15.4 Å². The van der Waals surface area contributed by atoms with E-state index in [1.807, 2.05) is 47.1 Å². The molecule has 0 saturated heterocycles. The molecule has 2 heterocycles. The Morgan fingerprint density at radius 3 is 2.55 bits per heavy atom. The van der Waals surface area contributed by atoms with Crippen LogP contribution in [0, 0.1) is 0 Å². The average Bonchev–Trinajstić information content (AvgIpc) is 3.21. The van der Waals surface area contributed by atoms with Crippen molar-refractivity contribution in [3.63, 3.8) is 0 Å². The summed E-state index contributed by atoms with van der Waals surface area (Å²) in [7, 11) is 0. The molecule has 0 aliphatic carbocycles. The Hall–Kier alpha value is -4.20. The molecule has 1 aromatic heterocycles. The number of carbonyl (C=O) groups is 2. The molecule has 0 fully saturated rings. The molecular formula is C23H19N5O3. The second-order valence-corrected chi connectivity index (χ2v) is 7.33. The zero-order valence-electron chi connectivity index (χ0n) is 16.5. The Morgan fingerprint density at radius 1 is 1.00 bits per heavy atom. The van der Waals surface area contributed by atoms with Crippen LogP contribution in [0.3, 0.4) is 0 Å². The predicted octanol–water partition coefficient (Wildman–Crippen LogP) is 2.37. The minimum absolute atomic E-state index is 0.0673. The van der Waals surface area contributed by atoms with Gasteiger partial charge in [0.25, 0.3) is 11.8 Å². The Kier molecular flexibility index (Phi) is 4.59. The number of aromatic nitrogens is 3. The highest BCUT2D eigenvalue weighted by molar-refractivity contribution is 6.07. The largest absolute Gasteiger partial charge is 0.477 e. The van der Waals surface area contributed by atoms with Crippen molar-refractivity contribution in [3.05, 3.63) is 83.9 Å². The molecule has 0 saturated carbocycles. The van der Waals surface area contributed by atoms with Gasteiger partial charge in [-0.05, 0) is 42.0 Å². The lowest BCUT2D eigenvalue weighted by molar-refractivity contribution is -0.124. The van der Waals surface area contributed by atoms with Gasteiger partial charge in [0.05, 0.1) is 24.3 Å². The van der Waals surface area contributed by atoms with Gasteiger partial charge in [-0.25, -0.2) is 4.68 Å². The van der Waals surface area contributed by atoms with Crippen molar-refractivity contribution in [1.82, 2.24) is 15.0 Å². The Morgan fingerprint density at radius 2 is 1.74 bits per heavy atom. The SMILES string of the molecule is NC(=O)[C@H]1CN(C(=O)c2ccc(Cn3nnc4ccccc43)cc2)c2ccccc2O1. The lowest BCUT2D eigenvalue weighted by Crippen LogP contribution is -2.49. The van der Waals surface area contributed by atoms with Crippen LogP contribution in [0.25, 0.3) is 11.0 Å². The zero-order valence-corrected chi connectivity index (χ0v) is 16.5. The molecule has 1 atom stereocenters. The fraction of sp³-hybridized carbons (Fsp3) is 0.130. The number of nitrogens with zero attached hydrogens (tertiary/aromatic N) is 4. The topological polar surface area (TPSA) is 103 Å². The number of hydrogen-bond acceptors (Lipinski definition) is 5. The number of rotatable bonds is 4. The van der Waals surface area contributed by atoms with E-state index in [1.54, 1.807) is 30.3 Å². The van der Waals surface area contributed by atoms with E-state index in [1.165, 1.54) is 4.90 Å². The monoisotopic (exact) mass is 413 g/mol. The standard InChI is InChI=1S/C23H19N5O3/c24-22(29)21-14-27(19-7-3-4-8-20(19)31-21)23(30)16-11-9-15(10-12-16)13-28-18-6-2-1-5-17(18)25-26-28/h1-12,21H,13-14H2,(H2,24,29)/t21-/m1/s1. The molecule has 5 rings (SSSR count). The maximum atomic E-state index is 13.2. The van der Waals surface area contributed by atoms with Crippen molar-refractivity contribution in [2.24, 2.45) is 5.73 Å². The van der Waals surface area contributed by atoms with E-state index in [-0.39, 0.29) is 12.5 Å². The van der Waals surface area contributed by atoms with E-state index in [9.17, 15) is 9.59 Å². The van der Waals surface area contributed by atoms with Gasteiger partial charge in [-0.3, -0.25) is 9.59 Å². The van der Waals surface area contributed by atoms with Crippen molar-refractivity contribution >= 4 is 28.5 Å². The number of primary amides is 1. The first kappa shape index (κ1) is 18.8. The van der Waals surface area contributed by atoms with E-state index >= 15 is 0 Å². The fourth-order valence-corrected chi connectivity index (χ4v) is 3.69. The van der Waals surface area contributed by atoms with Crippen molar-refractivity contribution in [2.45, 2.75) is 12.6 Å². The van der Waals surface area contributed by atoms with Crippen LogP contribution in [0.4, 0.5) is 5.69 Å². The van der Waals surface area contributed by atoms with Gasteiger partial charge in [0.15, 0.2) is 6.10 Å². The Balaban J connectivity index is 1.39. The number of para-hydroxylation sites is 3.